The van der Waals surface area contributed by atoms with E-state index >= 15 is 0 Å². The second kappa shape index (κ2) is 6.53. The number of hydrogen-bond acceptors (Lipinski definition) is 2. The number of carbonyl (C=O) groups is 1. The van der Waals surface area contributed by atoms with Crippen LogP contribution in [0.2, 0.25) is 0 Å². The Balaban J connectivity index is 1.98. The van der Waals surface area contributed by atoms with E-state index in [1.165, 1.54) is 0 Å². The molecule has 3 heteroatoms. The predicted molar refractivity (Wildman–Crippen MR) is 78.8 cm³/mol. The normalized spacial score (nSPS) is 17.6. The number of likely N-dealkylation sites (N-methyl/N-ethyl adjacent to an activating group) is 1. The first kappa shape index (κ1) is 13.8. The largest absolute Gasteiger partial charge is 0.336 e. The van der Waals surface area contributed by atoms with Gasteiger partial charge in [-0.3, -0.25) is 4.79 Å². The topological polar surface area (TPSA) is 23.6 Å². The molecular weight excluding hydrogens is 236 g/mol. The molecule has 1 aromatic rings. The highest BCUT2D eigenvalue weighted by Crippen LogP contribution is 2.11. The fraction of sp³-hybridized carbons (Fsp3) is 0.438. The molecule has 0 aliphatic carbocycles. The molecule has 1 aliphatic heterocycles. The van der Waals surface area contributed by atoms with Crippen LogP contribution in [0.5, 0.6) is 0 Å². The zero-order chi connectivity index (χ0) is 13.7. The van der Waals surface area contributed by atoms with Crippen LogP contribution in [0.25, 0.3) is 6.08 Å². The minimum Gasteiger partial charge on any atom is -0.336 e. The van der Waals surface area contributed by atoms with Crippen molar-refractivity contribution in [2.75, 3.05) is 32.7 Å². The van der Waals surface area contributed by atoms with Crippen molar-refractivity contribution in [2.45, 2.75) is 13.8 Å². The Kier molecular flexibility index (Phi) is 4.74. The average Bonchev–Trinajstić information content (AvgIpc) is 2.47. The van der Waals surface area contributed by atoms with E-state index in [0.29, 0.717) is 0 Å². The summed E-state index contributed by atoms with van der Waals surface area (Å²) in [5.41, 5.74) is 1.90. The minimum absolute atomic E-state index is 0.166. The van der Waals surface area contributed by atoms with Crippen LogP contribution in [0.3, 0.4) is 0 Å². The fourth-order valence-corrected chi connectivity index (χ4v) is 2.38. The molecule has 3 nitrogen and oxygen atoms in total. The maximum atomic E-state index is 12.3. The van der Waals surface area contributed by atoms with E-state index in [1.807, 2.05) is 48.2 Å². The Morgan fingerprint density at radius 1 is 1.16 bits per heavy atom. The molecule has 0 atom stereocenters. The number of rotatable bonds is 3. The van der Waals surface area contributed by atoms with Gasteiger partial charge in [0.15, 0.2) is 0 Å². The maximum absolute atomic E-state index is 12.3. The number of amides is 1. The van der Waals surface area contributed by atoms with Crippen molar-refractivity contribution < 1.29 is 4.79 Å². The Morgan fingerprint density at radius 2 is 1.79 bits per heavy atom. The first-order valence-electron chi connectivity index (χ1n) is 6.95. The highest BCUT2D eigenvalue weighted by Gasteiger charge is 2.20. The van der Waals surface area contributed by atoms with Gasteiger partial charge in [0, 0.05) is 31.8 Å². The van der Waals surface area contributed by atoms with Gasteiger partial charge < -0.3 is 9.80 Å². The first-order valence-corrected chi connectivity index (χ1v) is 6.95. The van der Waals surface area contributed by atoms with Gasteiger partial charge in [0.2, 0.25) is 5.91 Å². The Labute approximate surface area is 115 Å². The second-order valence-electron chi connectivity index (χ2n) is 4.96. The predicted octanol–water partition coefficient (Wildman–Crippen LogP) is 2.25. The van der Waals surface area contributed by atoms with Crippen LogP contribution in [0.4, 0.5) is 0 Å². The Hall–Kier alpha value is -1.61. The second-order valence-corrected chi connectivity index (χ2v) is 4.96. The lowest BCUT2D eigenvalue weighted by Gasteiger charge is -2.34. The van der Waals surface area contributed by atoms with E-state index in [-0.39, 0.29) is 5.91 Å². The number of piperazine rings is 1. The van der Waals surface area contributed by atoms with Gasteiger partial charge in [0.25, 0.3) is 0 Å². The van der Waals surface area contributed by atoms with Crippen molar-refractivity contribution in [1.82, 2.24) is 9.80 Å². The van der Waals surface area contributed by atoms with E-state index in [2.05, 4.69) is 11.8 Å². The van der Waals surface area contributed by atoms with Crippen LogP contribution in [-0.2, 0) is 4.79 Å². The fourth-order valence-electron chi connectivity index (χ4n) is 2.38. The summed E-state index contributed by atoms with van der Waals surface area (Å²) in [6, 6.07) is 10.0. The molecule has 1 saturated heterocycles. The van der Waals surface area contributed by atoms with Crippen molar-refractivity contribution in [3.63, 3.8) is 0 Å². The van der Waals surface area contributed by atoms with Crippen LogP contribution >= 0.6 is 0 Å². The molecule has 0 bridgehead atoms. The van der Waals surface area contributed by atoms with E-state index in [9.17, 15) is 4.79 Å². The molecule has 1 amide bonds. The van der Waals surface area contributed by atoms with Crippen molar-refractivity contribution >= 4 is 12.0 Å². The molecule has 0 N–H and O–H groups in total. The Bertz CT molecular complexity index is 445. The molecular formula is C16H22N2O. The summed E-state index contributed by atoms with van der Waals surface area (Å²) in [5.74, 6) is 0.166. The summed E-state index contributed by atoms with van der Waals surface area (Å²) < 4.78 is 0. The zero-order valence-electron chi connectivity index (χ0n) is 11.8. The minimum atomic E-state index is 0.166. The van der Waals surface area contributed by atoms with Crippen LogP contribution in [-0.4, -0.2) is 48.4 Å². The van der Waals surface area contributed by atoms with Crippen molar-refractivity contribution in [3.8, 4) is 0 Å². The summed E-state index contributed by atoms with van der Waals surface area (Å²) in [6.07, 6.45) is 1.97. The smallest absolute Gasteiger partial charge is 0.249 e. The third-order valence-corrected chi connectivity index (χ3v) is 3.63. The van der Waals surface area contributed by atoms with Gasteiger partial charge in [0.05, 0.1) is 0 Å². The zero-order valence-corrected chi connectivity index (χ0v) is 11.8. The summed E-state index contributed by atoms with van der Waals surface area (Å²) in [6.45, 7) is 8.79. The summed E-state index contributed by atoms with van der Waals surface area (Å²) in [5, 5.41) is 0. The molecule has 0 radical (unpaired) electrons. The van der Waals surface area contributed by atoms with Crippen molar-refractivity contribution in [2.24, 2.45) is 0 Å². The molecule has 2 rings (SSSR count). The quantitative estimate of drug-likeness (QED) is 0.776. The summed E-state index contributed by atoms with van der Waals surface area (Å²) in [4.78, 5) is 16.7. The highest BCUT2D eigenvalue weighted by atomic mass is 16.2. The average molecular weight is 258 g/mol. The van der Waals surface area contributed by atoms with Crippen LogP contribution in [0.15, 0.2) is 35.9 Å². The van der Waals surface area contributed by atoms with Gasteiger partial charge >= 0.3 is 0 Å². The molecule has 0 spiro atoms. The monoisotopic (exact) mass is 258 g/mol. The lowest BCUT2D eigenvalue weighted by Crippen LogP contribution is -2.48. The van der Waals surface area contributed by atoms with Crippen LogP contribution in [0.1, 0.15) is 19.4 Å². The number of hydrogen-bond donors (Lipinski definition) is 0. The molecule has 0 aromatic heterocycles. The lowest BCUT2D eigenvalue weighted by molar-refractivity contribution is -0.128. The molecule has 1 aliphatic rings. The highest BCUT2D eigenvalue weighted by molar-refractivity contribution is 5.97. The number of nitrogens with zero attached hydrogens (tertiary/aromatic N) is 2. The molecule has 0 saturated carbocycles. The van der Waals surface area contributed by atoms with Gasteiger partial charge in [-0.2, -0.15) is 0 Å². The van der Waals surface area contributed by atoms with Crippen molar-refractivity contribution in [1.29, 1.82) is 0 Å². The molecule has 1 fully saturated rings. The Morgan fingerprint density at radius 3 is 2.37 bits per heavy atom. The molecule has 0 unspecified atom stereocenters. The number of carbonyl (C=O) groups excluding carboxylic acids is 1. The first-order chi connectivity index (χ1) is 9.20. The van der Waals surface area contributed by atoms with Gasteiger partial charge in [-0.15, -0.1) is 0 Å². The van der Waals surface area contributed by atoms with Gasteiger partial charge in [-0.25, -0.2) is 0 Å². The molecule has 19 heavy (non-hydrogen) atoms. The maximum Gasteiger partial charge on any atom is 0.249 e. The standard InChI is InChI=1S/C16H22N2O/c1-3-17-9-11-18(12-10-17)16(19)14(2)13-15-7-5-4-6-8-15/h4-8,13H,3,9-12H2,1-2H3/b14-13+. The third kappa shape index (κ3) is 3.67. The molecule has 1 aromatic carbocycles. The summed E-state index contributed by atoms with van der Waals surface area (Å²) >= 11 is 0. The van der Waals surface area contributed by atoms with E-state index in [4.69, 9.17) is 0 Å². The van der Waals surface area contributed by atoms with E-state index < -0.39 is 0 Å². The third-order valence-electron chi connectivity index (χ3n) is 3.63. The molecule has 102 valence electrons. The van der Waals surface area contributed by atoms with Crippen LogP contribution < -0.4 is 0 Å². The van der Waals surface area contributed by atoms with Crippen molar-refractivity contribution in [3.05, 3.63) is 41.5 Å². The molecule has 1 heterocycles. The van der Waals surface area contributed by atoms with E-state index in [1.54, 1.807) is 0 Å². The van der Waals surface area contributed by atoms with Crippen LogP contribution in [0, 0.1) is 0 Å². The van der Waals surface area contributed by atoms with Gasteiger partial charge in [-0.05, 0) is 25.1 Å². The van der Waals surface area contributed by atoms with Gasteiger partial charge in [0.1, 0.15) is 0 Å². The lowest BCUT2D eigenvalue weighted by atomic mass is 10.1. The van der Waals surface area contributed by atoms with Gasteiger partial charge in [-0.1, -0.05) is 37.3 Å². The SMILES string of the molecule is CCN1CCN(C(=O)/C(C)=C/c2ccccc2)CC1. The van der Waals surface area contributed by atoms with E-state index in [0.717, 1.165) is 43.9 Å². The number of benzene rings is 1. The summed E-state index contributed by atoms with van der Waals surface area (Å²) in [7, 11) is 0.